The van der Waals surface area contributed by atoms with Crippen LogP contribution in [0.5, 0.6) is 0 Å². The average Bonchev–Trinajstić information content (AvgIpc) is 2.89. The molecule has 1 heterocycles. The van der Waals surface area contributed by atoms with Crippen LogP contribution in [0.2, 0.25) is 0 Å². The summed E-state index contributed by atoms with van der Waals surface area (Å²) in [6, 6.07) is 24.4. The summed E-state index contributed by atoms with van der Waals surface area (Å²) in [5, 5.41) is 31.1. The first kappa shape index (κ1) is 29.1. The predicted molar refractivity (Wildman–Crippen MR) is 167 cm³/mol. The zero-order valence-electron chi connectivity index (χ0n) is 21.2. The van der Waals surface area contributed by atoms with Crippen molar-refractivity contribution in [2.75, 3.05) is 16.4 Å². The number of anilines is 2. The lowest BCUT2D eigenvalue weighted by atomic mass is 9.73. The number of hydrogen-bond acceptors (Lipinski definition) is 6. The molecule has 4 rings (SSSR count). The molecular weight excluding hydrogens is 691 g/mol. The lowest BCUT2D eigenvalue weighted by molar-refractivity contribution is -0.132. The van der Waals surface area contributed by atoms with Gasteiger partial charge in [0.1, 0.15) is 5.72 Å². The number of para-hydroxylation sites is 1. The van der Waals surface area contributed by atoms with Crippen LogP contribution < -0.4 is 16.0 Å². The molecule has 39 heavy (non-hydrogen) atoms. The molecule has 2 amide bonds. The third kappa shape index (κ3) is 6.84. The molecule has 3 aromatic rings. The highest BCUT2D eigenvalue weighted by Crippen LogP contribution is 2.46. The van der Waals surface area contributed by atoms with E-state index in [1.165, 1.54) is 6.92 Å². The molecule has 0 radical (unpaired) electrons. The summed E-state index contributed by atoms with van der Waals surface area (Å²) < 4.78 is 1.76. The van der Waals surface area contributed by atoms with E-state index in [1.54, 1.807) is 18.2 Å². The van der Waals surface area contributed by atoms with E-state index in [-0.39, 0.29) is 17.2 Å². The number of nitriles is 1. The van der Waals surface area contributed by atoms with Crippen LogP contribution in [0.25, 0.3) is 0 Å². The molecule has 10 heteroatoms. The van der Waals surface area contributed by atoms with Gasteiger partial charge in [-0.05, 0) is 84.0 Å². The van der Waals surface area contributed by atoms with Crippen molar-refractivity contribution in [1.29, 1.82) is 5.26 Å². The molecule has 0 spiro atoms. The van der Waals surface area contributed by atoms with E-state index in [0.717, 1.165) is 30.9 Å². The Morgan fingerprint density at radius 2 is 1.77 bits per heavy atom. The molecular formula is C29H26BrIN4O3S. The average molecular weight is 717 g/mol. The van der Waals surface area contributed by atoms with E-state index in [4.69, 9.17) is 0 Å². The monoisotopic (exact) mass is 716 g/mol. The summed E-state index contributed by atoms with van der Waals surface area (Å²) >= 11 is 6.67. The summed E-state index contributed by atoms with van der Waals surface area (Å²) in [4.78, 5) is 26.5. The Hall–Kier alpha value is -2.85. The van der Waals surface area contributed by atoms with Crippen molar-refractivity contribution in [2.45, 2.75) is 25.5 Å². The highest BCUT2D eigenvalue weighted by atomic mass is 127. The van der Waals surface area contributed by atoms with Gasteiger partial charge in [-0.25, -0.2) is 0 Å². The molecule has 0 unspecified atom stereocenters. The van der Waals surface area contributed by atoms with Crippen LogP contribution in [0.1, 0.15) is 24.0 Å². The van der Waals surface area contributed by atoms with Gasteiger partial charge in [0.2, 0.25) is 11.8 Å². The molecule has 3 aromatic carbocycles. The third-order valence-electron chi connectivity index (χ3n) is 6.38. The zero-order valence-corrected chi connectivity index (χ0v) is 25.7. The third-order valence-corrected chi connectivity index (χ3v) is 8.91. The molecule has 0 bridgehead atoms. The van der Waals surface area contributed by atoms with Crippen molar-refractivity contribution in [2.24, 2.45) is 5.92 Å². The predicted octanol–water partition coefficient (Wildman–Crippen LogP) is 6.12. The minimum absolute atomic E-state index is 0.00165. The van der Waals surface area contributed by atoms with E-state index < -0.39 is 23.5 Å². The first-order valence-electron chi connectivity index (χ1n) is 12.0. The molecule has 1 aliphatic rings. The Balaban J connectivity index is 1.68. The van der Waals surface area contributed by atoms with Gasteiger partial charge in [-0.1, -0.05) is 64.1 Å². The maximum absolute atomic E-state index is 13.8. The largest absolute Gasteiger partial charge is 0.370 e. The molecule has 4 N–H and O–H groups in total. The number of nitrogens with one attached hydrogen (secondary N) is 3. The number of rotatable bonds is 7. The van der Waals surface area contributed by atoms with Crippen LogP contribution in [0.4, 0.5) is 11.4 Å². The van der Waals surface area contributed by atoms with Gasteiger partial charge in [0, 0.05) is 25.3 Å². The van der Waals surface area contributed by atoms with Crippen molar-refractivity contribution >= 4 is 73.5 Å². The molecule has 200 valence electrons. The van der Waals surface area contributed by atoms with Gasteiger partial charge in [-0.2, -0.15) is 5.26 Å². The normalized spacial score (nSPS) is 20.5. The van der Waals surface area contributed by atoms with E-state index in [2.05, 4.69) is 60.5 Å². The lowest BCUT2D eigenvalue weighted by Crippen LogP contribution is -2.57. The molecule has 0 saturated heterocycles. The van der Waals surface area contributed by atoms with Gasteiger partial charge in [0.15, 0.2) is 0 Å². The second-order valence-corrected chi connectivity index (χ2v) is 12.3. The molecule has 0 aliphatic carbocycles. The maximum Gasteiger partial charge on any atom is 0.234 e. The standard InChI is InChI=1S/C29H26BrIN4O3S/c1-17-7-3-6-10-23(17)34-27(37)26-25(20-8-4-5-9-22(20)31)21(15-32)28(35-29(26,2)38)39-16-24(36)33-19-13-11-18(30)12-14-19/h3-14,25-26,35,38H,16H2,1-2H3,(H,33,36)(H,34,37)/t25-,26-,29+/m0/s1. The number of aliphatic hydroxyl groups is 1. The molecule has 7 nitrogen and oxygen atoms in total. The lowest BCUT2D eigenvalue weighted by Gasteiger charge is -2.43. The van der Waals surface area contributed by atoms with E-state index in [0.29, 0.717) is 16.4 Å². The Morgan fingerprint density at radius 1 is 1.10 bits per heavy atom. The van der Waals surface area contributed by atoms with Crippen LogP contribution in [0.3, 0.4) is 0 Å². The summed E-state index contributed by atoms with van der Waals surface area (Å²) in [7, 11) is 0. The second-order valence-electron chi connectivity index (χ2n) is 9.25. The number of hydrogen-bond donors (Lipinski definition) is 4. The number of amides is 2. The number of carbonyl (C=O) groups excluding carboxylic acids is 2. The van der Waals surface area contributed by atoms with Crippen LogP contribution >= 0.6 is 50.3 Å². The highest BCUT2D eigenvalue weighted by molar-refractivity contribution is 14.1. The van der Waals surface area contributed by atoms with Gasteiger partial charge in [0.25, 0.3) is 0 Å². The van der Waals surface area contributed by atoms with Crippen molar-refractivity contribution in [1.82, 2.24) is 5.32 Å². The number of carbonyl (C=O) groups is 2. The number of halogens is 2. The Morgan fingerprint density at radius 3 is 2.44 bits per heavy atom. The number of benzene rings is 3. The van der Waals surface area contributed by atoms with Gasteiger partial charge >= 0.3 is 0 Å². The highest BCUT2D eigenvalue weighted by Gasteiger charge is 2.50. The molecule has 3 atom stereocenters. The minimum atomic E-state index is -1.72. The fraction of sp³-hybridized carbons (Fsp3) is 0.207. The fourth-order valence-electron chi connectivity index (χ4n) is 4.50. The Kier molecular flexibility index (Phi) is 9.38. The number of aryl methyl sites for hydroxylation is 1. The molecule has 0 fully saturated rings. The number of thioether (sulfide) groups is 1. The smallest absolute Gasteiger partial charge is 0.234 e. The van der Waals surface area contributed by atoms with Crippen LogP contribution in [0.15, 0.2) is 87.9 Å². The Labute approximate surface area is 253 Å². The van der Waals surface area contributed by atoms with E-state index in [9.17, 15) is 20.0 Å². The summed E-state index contributed by atoms with van der Waals surface area (Å²) in [6.45, 7) is 3.41. The maximum atomic E-state index is 13.8. The first-order chi connectivity index (χ1) is 18.6. The number of allylic oxidation sites excluding steroid dienone is 1. The SMILES string of the molecule is Cc1ccccc1NC(=O)[C@@H]1[C@@H](c2ccccc2I)C(C#N)=C(SCC(=O)Nc2ccc(Br)cc2)N[C@]1(C)O. The van der Waals surface area contributed by atoms with Crippen molar-refractivity contribution in [3.8, 4) is 6.07 Å². The number of nitrogens with zero attached hydrogens (tertiary/aromatic N) is 1. The van der Waals surface area contributed by atoms with Crippen LogP contribution in [-0.4, -0.2) is 28.4 Å². The summed E-state index contributed by atoms with van der Waals surface area (Å²) in [6.07, 6.45) is 0. The summed E-state index contributed by atoms with van der Waals surface area (Å²) in [5.74, 6) is -2.47. The van der Waals surface area contributed by atoms with Crippen molar-refractivity contribution in [3.63, 3.8) is 0 Å². The van der Waals surface area contributed by atoms with Gasteiger partial charge in [-0.3, -0.25) is 9.59 Å². The van der Waals surface area contributed by atoms with Gasteiger partial charge < -0.3 is 21.1 Å². The van der Waals surface area contributed by atoms with Crippen molar-refractivity contribution in [3.05, 3.63) is 103 Å². The van der Waals surface area contributed by atoms with Crippen LogP contribution in [-0.2, 0) is 9.59 Å². The van der Waals surface area contributed by atoms with E-state index >= 15 is 0 Å². The minimum Gasteiger partial charge on any atom is -0.370 e. The van der Waals surface area contributed by atoms with E-state index in [1.807, 2.05) is 61.5 Å². The molecule has 0 aromatic heterocycles. The molecule has 0 saturated carbocycles. The zero-order chi connectivity index (χ0) is 28.2. The van der Waals surface area contributed by atoms with Crippen LogP contribution in [0, 0.1) is 27.7 Å². The van der Waals surface area contributed by atoms with Gasteiger partial charge in [0.05, 0.1) is 28.3 Å². The second kappa shape index (κ2) is 12.6. The summed E-state index contributed by atoms with van der Waals surface area (Å²) in [5.41, 5.74) is 1.47. The fourth-order valence-corrected chi connectivity index (χ4v) is 6.44. The van der Waals surface area contributed by atoms with Crippen molar-refractivity contribution < 1.29 is 14.7 Å². The first-order valence-corrected chi connectivity index (χ1v) is 14.9. The topological polar surface area (TPSA) is 114 Å². The molecule has 1 aliphatic heterocycles. The van der Waals surface area contributed by atoms with Gasteiger partial charge in [-0.15, -0.1) is 0 Å². The Bertz CT molecular complexity index is 1470. The quantitative estimate of drug-likeness (QED) is 0.219.